The van der Waals surface area contributed by atoms with Gasteiger partial charge in [-0.2, -0.15) is 4.39 Å². The molecule has 1 heterocycles. The van der Waals surface area contributed by atoms with E-state index in [1.54, 1.807) is 6.07 Å². The number of piperazine rings is 1. The highest BCUT2D eigenvalue weighted by atomic mass is 19.1. The molecule has 1 saturated heterocycles. The summed E-state index contributed by atoms with van der Waals surface area (Å²) in [5, 5.41) is 23.3. The second kappa shape index (κ2) is 6.74. The molecule has 0 amide bonds. The molecule has 2 rings (SSSR count). The van der Waals surface area contributed by atoms with Gasteiger partial charge in [-0.25, -0.2) is 0 Å². The standard InChI is InChI=1S/C13H18FN3O3/c14-11-2-1-10(9-13(11)17(19)20)12(3-8-18)16-6-4-15-5-7-16/h1-2,9,12,15,18H,3-8H2/t12-/m1/s1. The molecule has 1 aromatic rings. The number of hydrogen-bond donors (Lipinski definition) is 2. The van der Waals surface area contributed by atoms with Crippen LogP contribution in [0, 0.1) is 15.9 Å². The van der Waals surface area contributed by atoms with E-state index in [1.165, 1.54) is 6.07 Å². The zero-order valence-corrected chi connectivity index (χ0v) is 11.1. The summed E-state index contributed by atoms with van der Waals surface area (Å²) in [6.07, 6.45) is 0.475. The monoisotopic (exact) mass is 283 g/mol. The van der Waals surface area contributed by atoms with Crippen LogP contribution in [0.1, 0.15) is 18.0 Å². The highest BCUT2D eigenvalue weighted by Crippen LogP contribution is 2.28. The van der Waals surface area contributed by atoms with Gasteiger partial charge < -0.3 is 10.4 Å². The van der Waals surface area contributed by atoms with Crippen molar-refractivity contribution in [1.29, 1.82) is 0 Å². The van der Waals surface area contributed by atoms with Crippen molar-refractivity contribution < 1.29 is 14.4 Å². The van der Waals surface area contributed by atoms with E-state index in [0.29, 0.717) is 12.0 Å². The normalized spacial score (nSPS) is 17.9. The fourth-order valence-electron chi connectivity index (χ4n) is 2.55. The number of halogens is 1. The number of nitrogens with one attached hydrogen (secondary N) is 1. The molecule has 1 aliphatic rings. The van der Waals surface area contributed by atoms with Gasteiger partial charge in [0, 0.05) is 44.9 Å². The Morgan fingerprint density at radius 1 is 1.45 bits per heavy atom. The van der Waals surface area contributed by atoms with Crippen LogP contribution >= 0.6 is 0 Å². The molecule has 0 bridgehead atoms. The number of nitro benzene ring substituents is 1. The molecule has 0 unspecified atom stereocenters. The summed E-state index contributed by atoms with van der Waals surface area (Å²) in [4.78, 5) is 12.3. The number of hydrogen-bond acceptors (Lipinski definition) is 5. The van der Waals surface area contributed by atoms with Crippen molar-refractivity contribution in [3.05, 3.63) is 39.7 Å². The molecule has 2 N–H and O–H groups in total. The third-order valence-corrected chi connectivity index (χ3v) is 3.55. The number of aliphatic hydroxyl groups is 1. The molecule has 110 valence electrons. The molecule has 1 atom stereocenters. The first kappa shape index (κ1) is 14.8. The second-order valence-electron chi connectivity index (χ2n) is 4.78. The van der Waals surface area contributed by atoms with Crippen LogP contribution in [0.2, 0.25) is 0 Å². The van der Waals surface area contributed by atoms with E-state index in [4.69, 9.17) is 0 Å². The van der Waals surface area contributed by atoms with Gasteiger partial charge in [-0.05, 0) is 18.1 Å². The maximum atomic E-state index is 13.4. The molecule has 0 saturated carbocycles. The molecule has 6 nitrogen and oxygen atoms in total. The Labute approximate surface area is 116 Å². The lowest BCUT2D eigenvalue weighted by Crippen LogP contribution is -2.45. The fourth-order valence-corrected chi connectivity index (χ4v) is 2.55. The third kappa shape index (κ3) is 3.30. The Morgan fingerprint density at radius 2 is 2.15 bits per heavy atom. The predicted octanol–water partition coefficient (Wildman–Crippen LogP) is 1.06. The summed E-state index contributed by atoms with van der Waals surface area (Å²) < 4.78 is 13.4. The summed E-state index contributed by atoms with van der Waals surface area (Å²) in [6.45, 7) is 3.27. The Kier molecular flexibility index (Phi) is 4.99. The van der Waals surface area contributed by atoms with Crippen molar-refractivity contribution in [2.75, 3.05) is 32.8 Å². The van der Waals surface area contributed by atoms with Gasteiger partial charge in [0.1, 0.15) is 0 Å². The number of nitro groups is 1. The van der Waals surface area contributed by atoms with Crippen molar-refractivity contribution in [2.45, 2.75) is 12.5 Å². The minimum Gasteiger partial charge on any atom is -0.396 e. The van der Waals surface area contributed by atoms with Crippen molar-refractivity contribution in [3.8, 4) is 0 Å². The first-order chi connectivity index (χ1) is 9.63. The topological polar surface area (TPSA) is 78.6 Å². The minimum absolute atomic E-state index is 0.0141. The van der Waals surface area contributed by atoms with Crippen LogP contribution in [0.15, 0.2) is 18.2 Å². The molecule has 0 aromatic heterocycles. The van der Waals surface area contributed by atoms with Crippen LogP contribution in [-0.4, -0.2) is 47.7 Å². The van der Waals surface area contributed by atoms with Gasteiger partial charge in [-0.3, -0.25) is 15.0 Å². The van der Waals surface area contributed by atoms with Gasteiger partial charge in [-0.15, -0.1) is 0 Å². The summed E-state index contributed by atoms with van der Waals surface area (Å²) in [6, 6.07) is 3.84. The molecule has 1 aromatic carbocycles. The Morgan fingerprint density at radius 3 is 2.75 bits per heavy atom. The predicted molar refractivity (Wildman–Crippen MR) is 71.9 cm³/mol. The number of aliphatic hydroxyl groups excluding tert-OH is 1. The Hall–Kier alpha value is -1.57. The van der Waals surface area contributed by atoms with Crippen LogP contribution in [0.5, 0.6) is 0 Å². The summed E-state index contributed by atoms with van der Waals surface area (Å²) in [5.74, 6) is -0.832. The van der Waals surface area contributed by atoms with Gasteiger partial charge in [-0.1, -0.05) is 6.07 Å². The maximum absolute atomic E-state index is 13.4. The number of rotatable bonds is 5. The highest BCUT2D eigenvalue weighted by Gasteiger charge is 2.24. The van der Waals surface area contributed by atoms with Gasteiger partial charge in [0.05, 0.1) is 4.92 Å². The SMILES string of the molecule is O=[N+]([O-])c1cc([C@@H](CCO)N2CCNCC2)ccc1F. The molecular formula is C13H18FN3O3. The quantitative estimate of drug-likeness (QED) is 0.624. The molecule has 1 aliphatic heterocycles. The van der Waals surface area contributed by atoms with Gasteiger partial charge in [0.2, 0.25) is 5.82 Å². The highest BCUT2D eigenvalue weighted by molar-refractivity contribution is 5.37. The maximum Gasteiger partial charge on any atom is 0.305 e. The van der Waals surface area contributed by atoms with Gasteiger partial charge in [0.25, 0.3) is 0 Å². The summed E-state index contributed by atoms with van der Waals surface area (Å²) in [7, 11) is 0. The zero-order chi connectivity index (χ0) is 14.5. The molecule has 7 heteroatoms. The lowest BCUT2D eigenvalue weighted by atomic mass is 10.0. The molecule has 20 heavy (non-hydrogen) atoms. The second-order valence-corrected chi connectivity index (χ2v) is 4.78. The van der Waals surface area contributed by atoms with Crippen LogP contribution in [0.3, 0.4) is 0 Å². The van der Waals surface area contributed by atoms with Crippen LogP contribution in [0.25, 0.3) is 0 Å². The average Bonchev–Trinajstić information content (AvgIpc) is 2.46. The number of nitrogens with zero attached hydrogens (tertiary/aromatic N) is 2. The molecule has 0 spiro atoms. The fraction of sp³-hybridized carbons (Fsp3) is 0.538. The van der Waals surface area contributed by atoms with Crippen LogP contribution in [0.4, 0.5) is 10.1 Å². The number of benzene rings is 1. The molecule has 0 aliphatic carbocycles. The summed E-state index contributed by atoms with van der Waals surface area (Å²) >= 11 is 0. The van der Waals surface area contributed by atoms with Crippen molar-refractivity contribution in [2.24, 2.45) is 0 Å². The van der Waals surface area contributed by atoms with E-state index in [2.05, 4.69) is 10.2 Å². The van der Waals surface area contributed by atoms with E-state index in [9.17, 15) is 19.6 Å². The third-order valence-electron chi connectivity index (χ3n) is 3.55. The first-order valence-corrected chi connectivity index (χ1v) is 6.63. The largest absolute Gasteiger partial charge is 0.396 e. The average molecular weight is 283 g/mol. The van der Waals surface area contributed by atoms with E-state index in [1.807, 2.05) is 0 Å². The smallest absolute Gasteiger partial charge is 0.305 e. The Balaban J connectivity index is 2.28. The molecule has 0 radical (unpaired) electrons. The van der Waals surface area contributed by atoms with Crippen molar-refractivity contribution in [1.82, 2.24) is 10.2 Å². The van der Waals surface area contributed by atoms with Gasteiger partial charge in [0.15, 0.2) is 0 Å². The molecule has 1 fully saturated rings. The van der Waals surface area contributed by atoms with Crippen molar-refractivity contribution in [3.63, 3.8) is 0 Å². The van der Waals surface area contributed by atoms with Crippen LogP contribution in [-0.2, 0) is 0 Å². The lowest BCUT2D eigenvalue weighted by molar-refractivity contribution is -0.387. The van der Waals surface area contributed by atoms with E-state index in [-0.39, 0.29) is 12.6 Å². The molecular weight excluding hydrogens is 265 g/mol. The lowest BCUT2D eigenvalue weighted by Gasteiger charge is -2.35. The summed E-state index contributed by atoms with van der Waals surface area (Å²) in [5.41, 5.74) is 0.162. The Bertz CT molecular complexity index is 478. The van der Waals surface area contributed by atoms with E-state index >= 15 is 0 Å². The minimum atomic E-state index is -0.832. The van der Waals surface area contributed by atoms with Crippen LogP contribution < -0.4 is 5.32 Å². The van der Waals surface area contributed by atoms with Crippen molar-refractivity contribution >= 4 is 5.69 Å². The van der Waals surface area contributed by atoms with E-state index in [0.717, 1.165) is 32.2 Å². The van der Waals surface area contributed by atoms with Gasteiger partial charge >= 0.3 is 5.69 Å². The van der Waals surface area contributed by atoms with E-state index < -0.39 is 16.4 Å². The first-order valence-electron chi connectivity index (χ1n) is 6.63. The zero-order valence-electron chi connectivity index (χ0n) is 11.1.